The van der Waals surface area contributed by atoms with Gasteiger partial charge in [0.2, 0.25) is 0 Å². The molecule has 12 atom stereocenters. The summed E-state index contributed by atoms with van der Waals surface area (Å²) in [6.07, 6.45) is 9.93. The van der Waals surface area contributed by atoms with Crippen molar-refractivity contribution in [1.82, 2.24) is 4.98 Å². The van der Waals surface area contributed by atoms with E-state index in [2.05, 4.69) is 11.9 Å². The van der Waals surface area contributed by atoms with Gasteiger partial charge in [0.25, 0.3) is 0 Å². The summed E-state index contributed by atoms with van der Waals surface area (Å²) < 4.78 is 23.4. The van der Waals surface area contributed by atoms with E-state index >= 15 is 0 Å². The van der Waals surface area contributed by atoms with Gasteiger partial charge in [-0.05, 0) is 93.7 Å². The SMILES string of the molecule is CO[C@@H]1C[C@H](O[C@H]2CC[C@@]3(C=NCc4ccccn4)[C@@H]4CC[C@@]5(C)[C@H](C6=CC(=O)OC6)CC[C@]5(O)[C@@H]4CC[C@]3(O)C2)O[C@H](C)[C@H]1O. The Kier molecular flexibility index (Phi) is 8.46. The van der Waals surface area contributed by atoms with Crippen LogP contribution in [0.25, 0.3) is 0 Å². The van der Waals surface area contributed by atoms with Crippen molar-refractivity contribution in [2.24, 2.45) is 33.6 Å². The number of nitrogens with zero attached hydrogens (tertiary/aromatic N) is 2. The first-order chi connectivity index (χ1) is 22.0. The van der Waals surface area contributed by atoms with Gasteiger partial charge in [0.05, 0.1) is 41.8 Å². The molecule has 0 amide bonds. The Labute approximate surface area is 271 Å². The molecule has 1 saturated heterocycles. The third-order valence-corrected chi connectivity index (χ3v) is 13.2. The predicted octanol–water partition coefficient (Wildman–Crippen LogP) is 3.90. The molecule has 6 aliphatic rings. The van der Waals surface area contributed by atoms with E-state index in [1.165, 1.54) is 0 Å². The molecule has 10 nitrogen and oxygen atoms in total. The van der Waals surface area contributed by atoms with Crippen LogP contribution in [0.1, 0.15) is 83.7 Å². The number of ether oxygens (including phenoxy) is 4. The summed E-state index contributed by atoms with van der Waals surface area (Å²) in [4.78, 5) is 21.4. The van der Waals surface area contributed by atoms with Crippen molar-refractivity contribution in [1.29, 1.82) is 0 Å². The molecule has 0 radical (unpaired) electrons. The van der Waals surface area contributed by atoms with E-state index in [9.17, 15) is 20.1 Å². The van der Waals surface area contributed by atoms with Gasteiger partial charge in [0, 0.05) is 49.3 Å². The minimum Gasteiger partial charge on any atom is -0.458 e. The van der Waals surface area contributed by atoms with Crippen molar-refractivity contribution in [3.63, 3.8) is 0 Å². The zero-order chi connectivity index (χ0) is 32.3. The molecular weight excluding hydrogens is 588 g/mol. The number of methoxy groups -OCH3 is 1. The number of aliphatic hydroxyl groups excluding tert-OH is 1. The predicted molar refractivity (Wildman–Crippen MR) is 169 cm³/mol. The summed E-state index contributed by atoms with van der Waals surface area (Å²) >= 11 is 0. The van der Waals surface area contributed by atoms with Crippen LogP contribution in [-0.4, -0.2) is 88.1 Å². The third-order valence-electron chi connectivity index (χ3n) is 13.2. The second-order valence-electron chi connectivity index (χ2n) is 15.2. The number of carbonyl (C=O) groups is 1. The molecule has 46 heavy (non-hydrogen) atoms. The van der Waals surface area contributed by atoms with Gasteiger partial charge >= 0.3 is 5.97 Å². The number of rotatable bonds is 7. The van der Waals surface area contributed by atoms with E-state index in [0.29, 0.717) is 51.7 Å². The van der Waals surface area contributed by atoms with E-state index < -0.39 is 35.1 Å². The number of aliphatic imine (C=N–C) groups is 1. The third kappa shape index (κ3) is 5.10. The summed E-state index contributed by atoms with van der Waals surface area (Å²) in [6.45, 7) is 4.79. The van der Waals surface area contributed by atoms with Crippen molar-refractivity contribution < 1.29 is 39.1 Å². The van der Waals surface area contributed by atoms with Gasteiger partial charge in [0.1, 0.15) is 12.7 Å². The molecule has 3 N–H and O–H groups in total. The highest BCUT2D eigenvalue weighted by molar-refractivity contribution is 5.85. The fourth-order valence-electron chi connectivity index (χ4n) is 10.8. The minimum atomic E-state index is -1.07. The number of aliphatic hydroxyl groups is 3. The van der Waals surface area contributed by atoms with E-state index in [0.717, 1.165) is 37.0 Å². The van der Waals surface area contributed by atoms with Crippen LogP contribution in [0, 0.1) is 28.6 Å². The zero-order valence-electron chi connectivity index (χ0n) is 27.3. The second kappa shape index (κ2) is 12.0. The Balaban J connectivity index is 1.17. The summed E-state index contributed by atoms with van der Waals surface area (Å²) in [5.41, 5.74) is -1.09. The fraction of sp³-hybridized carbons (Fsp3) is 0.750. The quantitative estimate of drug-likeness (QED) is 0.231. The fourth-order valence-corrected chi connectivity index (χ4v) is 10.8. The largest absolute Gasteiger partial charge is 0.458 e. The first-order valence-corrected chi connectivity index (χ1v) is 17.3. The van der Waals surface area contributed by atoms with Crippen LogP contribution < -0.4 is 0 Å². The van der Waals surface area contributed by atoms with E-state index in [1.54, 1.807) is 19.4 Å². The summed E-state index contributed by atoms with van der Waals surface area (Å²) in [6, 6.07) is 5.81. The number of cyclic esters (lactones) is 1. The van der Waals surface area contributed by atoms with Crippen molar-refractivity contribution >= 4 is 12.2 Å². The van der Waals surface area contributed by atoms with Crippen LogP contribution in [-0.2, 0) is 30.3 Å². The average Bonchev–Trinajstić information content (AvgIpc) is 3.58. The molecule has 7 rings (SSSR count). The van der Waals surface area contributed by atoms with Gasteiger partial charge in [-0.1, -0.05) is 13.0 Å². The number of pyridine rings is 1. The van der Waals surface area contributed by atoms with Gasteiger partial charge in [0.15, 0.2) is 6.29 Å². The molecule has 0 bridgehead atoms. The van der Waals surface area contributed by atoms with E-state index in [-0.39, 0.29) is 41.3 Å². The summed E-state index contributed by atoms with van der Waals surface area (Å²) in [5, 5.41) is 36.0. The molecule has 252 valence electrons. The van der Waals surface area contributed by atoms with Crippen molar-refractivity contribution in [2.45, 2.75) is 127 Å². The van der Waals surface area contributed by atoms with Gasteiger partial charge in [-0.3, -0.25) is 9.98 Å². The maximum atomic E-state index is 12.8. The number of hydrogen-bond acceptors (Lipinski definition) is 10. The van der Waals surface area contributed by atoms with Gasteiger partial charge < -0.3 is 34.3 Å². The molecule has 5 fully saturated rings. The highest BCUT2D eigenvalue weighted by atomic mass is 16.7. The Hall–Kier alpha value is -2.21. The number of hydrogen-bond donors (Lipinski definition) is 3. The molecule has 3 heterocycles. The molecule has 2 aliphatic heterocycles. The molecule has 1 aromatic heterocycles. The Morgan fingerprint density at radius 2 is 1.93 bits per heavy atom. The Morgan fingerprint density at radius 1 is 1.11 bits per heavy atom. The highest BCUT2D eigenvalue weighted by Crippen LogP contribution is 2.70. The molecule has 10 heteroatoms. The highest BCUT2D eigenvalue weighted by Gasteiger charge is 2.71. The lowest BCUT2D eigenvalue weighted by Gasteiger charge is -2.66. The van der Waals surface area contributed by atoms with Crippen LogP contribution in [0.2, 0.25) is 0 Å². The average molecular weight is 639 g/mol. The maximum Gasteiger partial charge on any atom is 0.331 e. The number of aromatic nitrogens is 1. The van der Waals surface area contributed by atoms with Crippen LogP contribution in [0.3, 0.4) is 0 Å². The molecule has 1 aromatic rings. The summed E-state index contributed by atoms with van der Waals surface area (Å²) in [5.74, 6) is -0.128. The van der Waals surface area contributed by atoms with Crippen LogP contribution in [0.5, 0.6) is 0 Å². The topological polar surface area (TPSA) is 140 Å². The molecule has 0 aromatic carbocycles. The van der Waals surface area contributed by atoms with Crippen LogP contribution in [0.4, 0.5) is 0 Å². The van der Waals surface area contributed by atoms with Crippen molar-refractivity contribution in [2.75, 3.05) is 13.7 Å². The number of esters is 1. The number of fused-ring (bicyclic) bond motifs is 5. The summed E-state index contributed by atoms with van der Waals surface area (Å²) in [7, 11) is 1.59. The standard InChI is InChI=1S/C36H50N2O8/c1-22-32(40)29(43-3)17-31(45-22)46-25-7-12-34(21-37-19-24-6-4-5-15-38-24)27-8-11-33(2)26(23-16-30(39)44-20-23)10-14-36(33,42)28(27)9-13-35(34,41)18-25/h4-6,15-16,21-22,25-29,31-32,40-42H,7-14,17-20H2,1-3H3/t22-,25+,26+,27-,28-,29-,31+,32-,33+,34-,35+,36+/m1/s1. The molecule has 0 unspecified atom stereocenters. The van der Waals surface area contributed by atoms with Crippen molar-refractivity contribution in [3.05, 3.63) is 41.7 Å². The van der Waals surface area contributed by atoms with E-state index in [4.69, 9.17) is 23.9 Å². The van der Waals surface area contributed by atoms with Crippen molar-refractivity contribution in [3.8, 4) is 0 Å². The van der Waals surface area contributed by atoms with E-state index in [1.807, 2.05) is 31.3 Å². The Bertz CT molecular complexity index is 1360. The Morgan fingerprint density at radius 3 is 2.67 bits per heavy atom. The number of carbonyl (C=O) groups excluding carboxylic acids is 1. The molecular formula is C36H50N2O8. The monoisotopic (exact) mass is 638 g/mol. The van der Waals surface area contributed by atoms with Crippen LogP contribution in [0.15, 0.2) is 41.0 Å². The van der Waals surface area contributed by atoms with Gasteiger partial charge in [-0.25, -0.2) is 4.79 Å². The van der Waals surface area contributed by atoms with Gasteiger partial charge in [-0.15, -0.1) is 0 Å². The lowest BCUT2D eigenvalue weighted by Crippen LogP contribution is -2.69. The van der Waals surface area contributed by atoms with Crippen LogP contribution >= 0.6 is 0 Å². The lowest BCUT2D eigenvalue weighted by atomic mass is 9.41. The minimum absolute atomic E-state index is 0.000364. The second-order valence-corrected chi connectivity index (χ2v) is 15.2. The molecule has 4 aliphatic carbocycles. The zero-order valence-corrected chi connectivity index (χ0v) is 27.3. The normalized spacial score (nSPS) is 47.2. The lowest BCUT2D eigenvalue weighted by molar-refractivity contribution is -0.284. The smallest absolute Gasteiger partial charge is 0.331 e. The first-order valence-electron chi connectivity index (χ1n) is 17.3. The first kappa shape index (κ1) is 32.3. The van der Waals surface area contributed by atoms with Gasteiger partial charge in [-0.2, -0.15) is 0 Å². The maximum absolute atomic E-state index is 12.8. The molecule has 0 spiro atoms. The molecule has 4 saturated carbocycles.